The molecule has 3 rings (SSSR count). The Morgan fingerprint density at radius 2 is 2.00 bits per heavy atom. The minimum atomic E-state index is -0.520. The van der Waals surface area contributed by atoms with Crippen molar-refractivity contribution in [2.75, 3.05) is 58.0 Å². The molecule has 162 valence electrons. The molecule has 1 aromatic carbocycles. The summed E-state index contributed by atoms with van der Waals surface area (Å²) in [7, 11) is 1.72. The van der Waals surface area contributed by atoms with Crippen molar-refractivity contribution in [3.8, 4) is 0 Å². The summed E-state index contributed by atoms with van der Waals surface area (Å²) < 4.78 is 39.1. The van der Waals surface area contributed by atoms with Crippen LogP contribution >= 0.6 is 0 Å². The molecule has 0 spiro atoms. The smallest absolute Gasteiger partial charge is 0.191 e. The van der Waals surface area contributed by atoms with Gasteiger partial charge in [-0.1, -0.05) is 6.07 Å². The Hall–Kier alpha value is -1.93. The van der Waals surface area contributed by atoms with E-state index in [0.29, 0.717) is 31.6 Å². The Kier molecular flexibility index (Phi) is 8.49. The average Bonchev–Trinajstić information content (AvgIpc) is 3.18. The predicted octanol–water partition coefficient (Wildman–Crippen LogP) is 2.54. The molecular formula is C21H32F2N4O2. The van der Waals surface area contributed by atoms with Crippen LogP contribution in [-0.2, 0) is 9.47 Å². The predicted molar refractivity (Wildman–Crippen MR) is 110 cm³/mol. The number of ether oxygens (including phenoxy) is 2. The molecule has 0 aliphatic carbocycles. The minimum Gasteiger partial charge on any atom is -0.381 e. The number of hydrogen-bond acceptors (Lipinski definition) is 4. The molecule has 8 heteroatoms. The van der Waals surface area contributed by atoms with E-state index in [-0.39, 0.29) is 11.7 Å². The summed E-state index contributed by atoms with van der Waals surface area (Å²) in [5.41, 5.74) is 0.0569. The van der Waals surface area contributed by atoms with Gasteiger partial charge in [0.25, 0.3) is 0 Å². The number of para-hydroxylation sites is 1. The average molecular weight is 411 g/mol. The molecule has 6 nitrogen and oxygen atoms in total. The Morgan fingerprint density at radius 1 is 1.24 bits per heavy atom. The SMILES string of the molecule is CN=C(NCCCOCC1CCOCC1)NC1CCN(c2c(F)cccc2F)C1. The lowest BCUT2D eigenvalue weighted by molar-refractivity contribution is 0.0203. The van der Waals surface area contributed by atoms with Gasteiger partial charge in [-0.3, -0.25) is 4.99 Å². The van der Waals surface area contributed by atoms with Crippen LogP contribution in [0.2, 0.25) is 0 Å². The second kappa shape index (κ2) is 11.3. The maximum Gasteiger partial charge on any atom is 0.191 e. The van der Waals surface area contributed by atoms with Crippen LogP contribution in [0.1, 0.15) is 25.7 Å². The van der Waals surface area contributed by atoms with Crippen molar-refractivity contribution in [2.45, 2.75) is 31.7 Å². The maximum atomic E-state index is 14.0. The van der Waals surface area contributed by atoms with Gasteiger partial charge in [-0.15, -0.1) is 0 Å². The highest BCUT2D eigenvalue weighted by molar-refractivity contribution is 5.80. The number of nitrogens with zero attached hydrogens (tertiary/aromatic N) is 2. The Balaban J connectivity index is 1.33. The van der Waals surface area contributed by atoms with Gasteiger partial charge in [0.2, 0.25) is 0 Å². The van der Waals surface area contributed by atoms with E-state index >= 15 is 0 Å². The monoisotopic (exact) mass is 410 g/mol. The molecule has 1 atom stereocenters. The number of anilines is 1. The molecular weight excluding hydrogens is 378 g/mol. The maximum absolute atomic E-state index is 14.0. The molecule has 2 aliphatic rings. The second-order valence-electron chi connectivity index (χ2n) is 7.63. The molecule has 2 saturated heterocycles. The Labute approximate surface area is 171 Å². The van der Waals surface area contributed by atoms with Gasteiger partial charge in [-0.05, 0) is 43.7 Å². The fraction of sp³-hybridized carbons (Fsp3) is 0.667. The first-order valence-corrected chi connectivity index (χ1v) is 10.5. The zero-order valence-corrected chi connectivity index (χ0v) is 17.1. The van der Waals surface area contributed by atoms with Crippen LogP contribution in [-0.4, -0.2) is 65.1 Å². The molecule has 1 unspecified atom stereocenters. The number of guanidine groups is 1. The third-order valence-corrected chi connectivity index (χ3v) is 5.46. The number of nitrogens with one attached hydrogen (secondary N) is 2. The van der Waals surface area contributed by atoms with Crippen LogP contribution in [0.3, 0.4) is 0 Å². The quantitative estimate of drug-likeness (QED) is 0.392. The van der Waals surface area contributed by atoms with Crippen LogP contribution in [0.5, 0.6) is 0 Å². The standard InChI is InChI=1S/C21H32F2N4O2/c1-24-21(25-9-3-11-29-15-16-7-12-28-13-8-16)26-17-6-10-27(14-17)20-18(22)4-2-5-19(20)23/h2,4-5,16-17H,3,6-15H2,1H3,(H2,24,25,26). The summed E-state index contributed by atoms with van der Waals surface area (Å²) in [4.78, 5) is 6.00. The topological polar surface area (TPSA) is 58.1 Å². The third-order valence-electron chi connectivity index (χ3n) is 5.46. The molecule has 1 aromatic rings. The number of benzene rings is 1. The van der Waals surface area contributed by atoms with Crippen LogP contribution in [0, 0.1) is 17.6 Å². The molecule has 0 radical (unpaired) electrons. The highest BCUT2D eigenvalue weighted by atomic mass is 19.1. The summed E-state index contributed by atoms with van der Waals surface area (Å²) in [6.45, 7) is 5.11. The number of halogens is 2. The van der Waals surface area contributed by atoms with Crippen LogP contribution < -0.4 is 15.5 Å². The molecule has 0 amide bonds. The fourth-order valence-electron chi connectivity index (χ4n) is 3.80. The molecule has 2 fully saturated rings. The number of hydrogen-bond donors (Lipinski definition) is 2. The van der Waals surface area contributed by atoms with Gasteiger partial charge in [-0.2, -0.15) is 0 Å². The Bertz CT molecular complexity index is 648. The van der Waals surface area contributed by atoms with Crippen LogP contribution in [0.25, 0.3) is 0 Å². The van der Waals surface area contributed by atoms with Gasteiger partial charge >= 0.3 is 0 Å². The molecule has 0 bridgehead atoms. The minimum absolute atomic E-state index is 0.0569. The summed E-state index contributed by atoms with van der Waals surface area (Å²) in [5.74, 6) is 0.286. The van der Waals surface area contributed by atoms with E-state index in [0.717, 1.165) is 52.0 Å². The van der Waals surface area contributed by atoms with E-state index in [9.17, 15) is 8.78 Å². The fourth-order valence-corrected chi connectivity index (χ4v) is 3.80. The first-order valence-electron chi connectivity index (χ1n) is 10.5. The zero-order valence-electron chi connectivity index (χ0n) is 17.1. The van der Waals surface area contributed by atoms with Gasteiger partial charge in [0, 0.05) is 59.2 Å². The van der Waals surface area contributed by atoms with Crippen molar-refractivity contribution >= 4 is 11.6 Å². The highest BCUT2D eigenvalue weighted by Crippen LogP contribution is 2.26. The van der Waals surface area contributed by atoms with Crippen molar-refractivity contribution < 1.29 is 18.3 Å². The molecule has 0 saturated carbocycles. The molecule has 0 aromatic heterocycles. The molecule has 29 heavy (non-hydrogen) atoms. The van der Waals surface area contributed by atoms with Gasteiger partial charge < -0.3 is 25.0 Å². The largest absolute Gasteiger partial charge is 0.381 e. The molecule has 2 heterocycles. The van der Waals surface area contributed by atoms with Crippen LogP contribution in [0.4, 0.5) is 14.5 Å². The van der Waals surface area contributed by atoms with Gasteiger partial charge in [0.05, 0.1) is 0 Å². The first-order chi connectivity index (χ1) is 14.2. The lowest BCUT2D eigenvalue weighted by Crippen LogP contribution is -2.45. The van der Waals surface area contributed by atoms with E-state index in [1.54, 1.807) is 11.9 Å². The second-order valence-corrected chi connectivity index (χ2v) is 7.63. The van der Waals surface area contributed by atoms with Crippen molar-refractivity contribution in [1.29, 1.82) is 0 Å². The van der Waals surface area contributed by atoms with Gasteiger partial charge in [0.1, 0.15) is 17.3 Å². The van der Waals surface area contributed by atoms with Crippen molar-refractivity contribution in [3.63, 3.8) is 0 Å². The molecule has 2 N–H and O–H groups in total. The van der Waals surface area contributed by atoms with E-state index in [1.807, 2.05) is 0 Å². The van der Waals surface area contributed by atoms with Crippen molar-refractivity contribution in [2.24, 2.45) is 10.9 Å². The zero-order chi connectivity index (χ0) is 20.5. The Morgan fingerprint density at radius 3 is 2.72 bits per heavy atom. The van der Waals surface area contributed by atoms with E-state index in [4.69, 9.17) is 9.47 Å². The van der Waals surface area contributed by atoms with Gasteiger partial charge in [0.15, 0.2) is 5.96 Å². The number of rotatable bonds is 8. The van der Waals surface area contributed by atoms with Crippen molar-refractivity contribution in [1.82, 2.24) is 10.6 Å². The van der Waals surface area contributed by atoms with E-state index in [2.05, 4.69) is 15.6 Å². The summed E-state index contributed by atoms with van der Waals surface area (Å²) in [6.07, 6.45) is 3.86. The summed E-state index contributed by atoms with van der Waals surface area (Å²) in [6, 6.07) is 4.07. The lowest BCUT2D eigenvalue weighted by Gasteiger charge is -2.22. The lowest BCUT2D eigenvalue weighted by atomic mass is 10.0. The van der Waals surface area contributed by atoms with E-state index < -0.39 is 11.6 Å². The highest BCUT2D eigenvalue weighted by Gasteiger charge is 2.27. The molecule has 2 aliphatic heterocycles. The summed E-state index contributed by atoms with van der Waals surface area (Å²) >= 11 is 0. The van der Waals surface area contributed by atoms with E-state index in [1.165, 1.54) is 18.2 Å². The van der Waals surface area contributed by atoms with Crippen molar-refractivity contribution in [3.05, 3.63) is 29.8 Å². The first kappa shape index (κ1) is 21.8. The normalized spacial score (nSPS) is 20.9. The van der Waals surface area contributed by atoms with Crippen LogP contribution in [0.15, 0.2) is 23.2 Å². The number of aliphatic imine (C=N–C) groups is 1. The third kappa shape index (κ3) is 6.54. The van der Waals surface area contributed by atoms with Gasteiger partial charge in [-0.25, -0.2) is 8.78 Å². The summed E-state index contributed by atoms with van der Waals surface area (Å²) in [5, 5.41) is 6.63.